The molecule has 0 bridgehead atoms. The number of aliphatic hydroxyl groups excluding tert-OH is 1. The zero-order valence-corrected chi connectivity index (χ0v) is 17.3. The third kappa shape index (κ3) is 5.73. The Balaban J connectivity index is 1.61. The van der Waals surface area contributed by atoms with E-state index in [2.05, 4.69) is 50.9 Å². The first-order chi connectivity index (χ1) is 14.6. The van der Waals surface area contributed by atoms with Gasteiger partial charge in [0.1, 0.15) is 11.6 Å². The van der Waals surface area contributed by atoms with Crippen LogP contribution in [-0.2, 0) is 38.8 Å². The van der Waals surface area contributed by atoms with E-state index in [0.29, 0.717) is 17.8 Å². The van der Waals surface area contributed by atoms with Crippen LogP contribution in [0, 0.1) is 0 Å². The van der Waals surface area contributed by atoms with Crippen LogP contribution in [0.2, 0.25) is 0 Å². The number of carboxylic acid groups (broad SMARTS) is 1. The fourth-order valence-corrected chi connectivity index (χ4v) is 3.57. The largest absolute Gasteiger partial charge is 0.478 e. The highest BCUT2D eigenvalue weighted by atomic mass is 16.4. The third-order valence-electron chi connectivity index (χ3n) is 5.08. The quantitative estimate of drug-likeness (QED) is 0.505. The van der Waals surface area contributed by atoms with Gasteiger partial charge in [-0.3, -0.25) is 4.98 Å². The maximum absolute atomic E-state index is 11.3. The first kappa shape index (κ1) is 21.6. The maximum Gasteiger partial charge on any atom is 0.335 e. The molecule has 7 heteroatoms. The second-order valence-corrected chi connectivity index (χ2v) is 7.28. The second-order valence-electron chi connectivity index (χ2n) is 7.28. The van der Waals surface area contributed by atoms with Crippen LogP contribution in [0.1, 0.15) is 58.7 Å². The van der Waals surface area contributed by atoms with Gasteiger partial charge in [-0.2, -0.15) is 0 Å². The molecule has 1 aromatic carbocycles. The minimum Gasteiger partial charge on any atom is -0.478 e. The number of aryl methyl sites for hydroxylation is 4. The van der Waals surface area contributed by atoms with Crippen molar-refractivity contribution < 1.29 is 15.0 Å². The van der Waals surface area contributed by atoms with Crippen LogP contribution in [0.15, 0.2) is 42.5 Å². The van der Waals surface area contributed by atoms with Gasteiger partial charge in [-0.1, -0.05) is 37.3 Å². The molecule has 30 heavy (non-hydrogen) atoms. The number of hydrogen-bond donors (Lipinski definition) is 2. The summed E-state index contributed by atoms with van der Waals surface area (Å²) in [6.07, 6.45) is 5.00. The van der Waals surface area contributed by atoms with Gasteiger partial charge >= 0.3 is 5.97 Å². The van der Waals surface area contributed by atoms with Crippen LogP contribution in [0.5, 0.6) is 0 Å². The molecular formula is C23H28N4O3. The van der Waals surface area contributed by atoms with E-state index in [0.717, 1.165) is 50.3 Å². The normalized spacial score (nSPS) is 11.0. The third-order valence-corrected chi connectivity index (χ3v) is 5.08. The van der Waals surface area contributed by atoms with Gasteiger partial charge in [0.05, 0.1) is 17.9 Å². The Kier molecular flexibility index (Phi) is 7.68. The Labute approximate surface area is 176 Å². The molecule has 158 valence electrons. The molecule has 0 saturated heterocycles. The van der Waals surface area contributed by atoms with Crippen molar-refractivity contribution in [3.05, 3.63) is 76.6 Å². The van der Waals surface area contributed by atoms with Crippen molar-refractivity contribution in [2.75, 3.05) is 0 Å². The highest BCUT2D eigenvalue weighted by molar-refractivity contribution is 5.87. The molecular weight excluding hydrogens is 380 g/mol. The summed E-state index contributed by atoms with van der Waals surface area (Å²) in [7, 11) is 0. The summed E-state index contributed by atoms with van der Waals surface area (Å²) in [4.78, 5) is 15.6. The van der Waals surface area contributed by atoms with E-state index in [9.17, 15) is 15.0 Å². The van der Waals surface area contributed by atoms with Crippen LogP contribution in [0.25, 0.3) is 0 Å². The number of carbonyl (C=O) groups is 1. The molecule has 0 radical (unpaired) electrons. The number of aromatic nitrogens is 4. The summed E-state index contributed by atoms with van der Waals surface area (Å²) in [5, 5.41) is 27.3. The van der Waals surface area contributed by atoms with Crippen LogP contribution in [0.3, 0.4) is 0 Å². The molecule has 0 atom stereocenters. The molecule has 0 aliphatic heterocycles. The lowest BCUT2D eigenvalue weighted by molar-refractivity contribution is 0.0696. The van der Waals surface area contributed by atoms with E-state index >= 15 is 0 Å². The molecule has 0 spiro atoms. The minimum atomic E-state index is -1.01. The fourth-order valence-electron chi connectivity index (χ4n) is 3.57. The Hall–Kier alpha value is -3.06. The summed E-state index contributed by atoms with van der Waals surface area (Å²) in [6.45, 7) is 2.69. The molecule has 0 fully saturated rings. The zero-order valence-electron chi connectivity index (χ0n) is 17.3. The van der Waals surface area contributed by atoms with Crippen molar-refractivity contribution in [2.45, 2.75) is 58.6 Å². The van der Waals surface area contributed by atoms with E-state index in [-0.39, 0.29) is 12.2 Å². The molecule has 3 rings (SSSR count). The number of rotatable bonds is 11. The lowest BCUT2D eigenvalue weighted by atomic mass is 10.1. The van der Waals surface area contributed by atoms with E-state index in [1.165, 1.54) is 11.6 Å². The Morgan fingerprint density at radius 1 is 0.967 bits per heavy atom. The molecule has 0 aliphatic carbocycles. The predicted octanol–water partition coefficient (Wildman–Crippen LogP) is 3.23. The first-order valence-corrected chi connectivity index (χ1v) is 10.4. The molecule has 2 heterocycles. The number of hydrogen-bond acceptors (Lipinski definition) is 5. The van der Waals surface area contributed by atoms with Gasteiger partial charge < -0.3 is 14.8 Å². The van der Waals surface area contributed by atoms with Gasteiger partial charge in [0.15, 0.2) is 0 Å². The second kappa shape index (κ2) is 10.6. The number of benzene rings is 1. The van der Waals surface area contributed by atoms with Gasteiger partial charge in [0.25, 0.3) is 0 Å². The smallest absolute Gasteiger partial charge is 0.335 e. The summed E-state index contributed by atoms with van der Waals surface area (Å²) in [6, 6.07) is 13.4. The van der Waals surface area contributed by atoms with Crippen molar-refractivity contribution in [3.63, 3.8) is 0 Å². The van der Waals surface area contributed by atoms with Crippen molar-refractivity contribution in [3.8, 4) is 0 Å². The van der Waals surface area contributed by atoms with Crippen LogP contribution >= 0.6 is 0 Å². The van der Waals surface area contributed by atoms with E-state index in [1.807, 2.05) is 6.07 Å². The van der Waals surface area contributed by atoms with E-state index in [4.69, 9.17) is 0 Å². The van der Waals surface area contributed by atoms with Crippen molar-refractivity contribution >= 4 is 5.97 Å². The standard InChI is InChI=1S/C23H28N4O3/c1-2-21-25-26-22(27(21)13-7-10-17-8-4-3-5-9-17)12-6-11-19-14-18(23(29)30)15-20(16-28)24-19/h3-5,8-9,14-15,28H,2,6-7,10-13,16H2,1H3,(H,29,30). The molecule has 7 nitrogen and oxygen atoms in total. The Morgan fingerprint density at radius 2 is 1.70 bits per heavy atom. The van der Waals surface area contributed by atoms with Crippen molar-refractivity contribution in [2.24, 2.45) is 0 Å². The zero-order chi connectivity index (χ0) is 21.3. The number of nitrogens with zero attached hydrogens (tertiary/aromatic N) is 4. The summed E-state index contributed by atoms with van der Waals surface area (Å²) in [5.74, 6) is 0.933. The fraction of sp³-hybridized carbons (Fsp3) is 0.391. The molecule has 2 aromatic heterocycles. The lowest BCUT2D eigenvalue weighted by Gasteiger charge is -2.10. The number of pyridine rings is 1. The van der Waals surface area contributed by atoms with Crippen molar-refractivity contribution in [1.82, 2.24) is 19.7 Å². The number of aliphatic hydroxyl groups is 1. The molecule has 2 N–H and O–H groups in total. The topological polar surface area (TPSA) is 101 Å². The SMILES string of the molecule is CCc1nnc(CCCc2cc(C(=O)O)cc(CO)n2)n1CCCc1ccccc1. The molecule has 0 unspecified atom stereocenters. The number of carboxylic acids is 1. The average Bonchev–Trinajstić information content (AvgIpc) is 3.16. The van der Waals surface area contributed by atoms with Crippen molar-refractivity contribution in [1.29, 1.82) is 0 Å². The van der Waals surface area contributed by atoms with E-state index in [1.54, 1.807) is 6.07 Å². The average molecular weight is 409 g/mol. The van der Waals surface area contributed by atoms with Crippen LogP contribution < -0.4 is 0 Å². The van der Waals surface area contributed by atoms with Gasteiger partial charge in [-0.05, 0) is 43.4 Å². The summed E-state index contributed by atoms with van der Waals surface area (Å²) < 4.78 is 2.21. The van der Waals surface area contributed by atoms with Gasteiger partial charge in [-0.25, -0.2) is 4.79 Å². The number of aromatic carboxylic acids is 1. The molecule has 0 saturated carbocycles. The van der Waals surface area contributed by atoms with Gasteiger partial charge in [-0.15, -0.1) is 10.2 Å². The molecule has 0 aliphatic rings. The monoisotopic (exact) mass is 408 g/mol. The van der Waals surface area contributed by atoms with Crippen LogP contribution in [0.4, 0.5) is 0 Å². The molecule has 3 aromatic rings. The Bertz CT molecular complexity index is 970. The van der Waals surface area contributed by atoms with Crippen LogP contribution in [-0.4, -0.2) is 35.9 Å². The molecule has 0 amide bonds. The maximum atomic E-state index is 11.3. The van der Waals surface area contributed by atoms with E-state index < -0.39 is 5.97 Å². The van der Waals surface area contributed by atoms with Gasteiger partial charge in [0.2, 0.25) is 0 Å². The highest BCUT2D eigenvalue weighted by Crippen LogP contribution is 2.13. The predicted molar refractivity (Wildman–Crippen MR) is 113 cm³/mol. The lowest BCUT2D eigenvalue weighted by Crippen LogP contribution is -2.09. The summed E-state index contributed by atoms with van der Waals surface area (Å²) >= 11 is 0. The summed E-state index contributed by atoms with van der Waals surface area (Å²) in [5.41, 5.74) is 2.53. The van der Waals surface area contributed by atoms with Gasteiger partial charge in [0, 0.05) is 25.1 Å². The highest BCUT2D eigenvalue weighted by Gasteiger charge is 2.12. The minimum absolute atomic E-state index is 0.154. The Morgan fingerprint density at radius 3 is 2.40 bits per heavy atom. The first-order valence-electron chi connectivity index (χ1n) is 10.4.